The number of aliphatic hydroxyl groups is 1. The Morgan fingerprint density at radius 2 is 1.52 bits per heavy atom. The first kappa shape index (κ1) is 26.4. The van der Waals surface area contributed by atoms with E-state index in [9.17, 15) is 19.8 Å². The van der Waals surface area contributed by atoms with Gasteiger partial charge in [-0.2, -0.15) is 0 Å². The average Bonchev–Trinajstić information content (AvgIpc) is 2.79. The van der Waals surface area contributed by atoms with E-state index in [-0.39, 0.29) is 12.0 Å². The van der Waals surface area contributed by atoms with Gasteiger partial charge in [-0.3, -0.25) is 9.69 Å². The van der Waals surface area contributed by atoms with Crippen molar-refractivity contribution in [3.63, 3.8) is 0 Å². The highest BCUT2D eigenvalue weighted by Gasteiger charge is 2.34. The van der Waals surface area contributed by atoms with Crippen LogP contribution in [0, 0.1) is 5.92 Å². The van der Waals surface area contributed by atoms with Crippen LogP contribution >= 0.6 is 0 Å². The molecule has 0 aliphatic heterocycles. The molecule has 0 heterocycles. The Morgan fingerprint density at radius 1 is 1.00 bits per heavy atom. The van der Waals surface area contributed by atoms with Crippen molar-refractivity contribution >= 4 is 12.0 Å². The van der Waals surface area contributed by atoms with Crippen LogP contribution in [-0.4, -0.2) is 58.4 Å². The SMILES string of the molecule is CC[C@H](C)[C@@H](C(=O)N[C@@H](Cc1ccccc1)[C@H](O)C[C@@H](N)Cc1ccccc1)N(C)C(=O)O. The van der Waals surface area contributed by atoms with Gasteiger partial charge in [0.15, 0.2) is 0 Å². The molecule has 0 saturated carbocycles. The number of nitrogens with zero attached hydrogens (tertiary/aromatic N) is 1. The maximum absolute atomic E-state index is 13.2. The average molecular weight is 456 g/mol. The molecule has 2 rings (SSSR count). The van der Waals surface area contributed by atoms with E-state index in [0.29, 0.717) is 25.7 Å². The predicted molar refractivity (Wildman–Crippen MR) is 130 cm³/mol. The van der Waals surface area contributed by atoms with Crippen LogP contribution in [0.5, 0.6) is 0 Å². The molecule has 0 spiro atoms. The number of hydrogen-bond acceptors (Lipinski definition) is 4. The minimum absolute atomic E-state index is 0.180. The van der Waals surface area contributed by atoms with Gasteiger partial charge in [-0.1, -0.05) is 80.9 Å². The summed E-state index contributed by atoms with van der Waals surface area (Å²) >= 11 is 0. The summed E-state index contributed by atoms with van der Waals surface area (Å²) in [4.78, 5) is 25.8. The van der Waals surface area contributed by atoms with Crippen molar-refractivity contribution in [1.82, 2.24) is 10.2 Å². The van der Waals surface area contributed by atoms with Crippen LogP contribution in [0.4, 0.5) is 4.79 Å². The molecule has 2 amide bonds. The lowest BCUT2D eigenvalue weighted by molar-refractivity contribution is -0.128. The first-order valence-electron chi connectivity index (χ1n) is 11.5. The molecule has 0 fully saturated rings. The molecule has 5 atom stereocenters. The Morgan fingerprint density at radius 3 is 2.00 bits per heavy atom. The monoisotopic (exact) mass is 455 g/mol. The number of benzene rings is 2. The maximum Gasteiger partial charge on any atom is 0.407 e. The normalized spacial score (nSPS) is 15.7. The predicted octanol–water partition coefficient (Wildman–Crippen LogP) is 3.06. The zero-order valence-corrected chi connectivity index (χ0v) is 19.7. The molecule has 0 radical (unpaired) electrons. The molecule has 0 bridgehead atoms. The molecule has 2 aromatic rings. The summed E-state index contributed by atoms with van der Waals surface area (Å²) in [6.45, 7) is 3.77. The molecule has 33 heavy (non-hydrogen) atoms. The highest BCUT2D eigenvalue weighted by atomic mass is 16.4. The van der Waals surface area contributed by atoms with Crippen molar-refractivity contribution in [2.45, 2.75) is 63.8 Å². The van der Waals surface area contributed by atoms with Gasteiger partial charge in [0.2, 0.25) is 5.91 Å². The van der Waals surface area contributed by atoms with Gasteiger partial charge in [0.25, 0.3) is 0 Å². The molecule has 0 aromatic heterocycles. The fourth-order valence-corrected chi connectivity index (χ4v) is 4.05. The molecule has 5 N–H and O–H groups in total. The molecular formula is C26H37N3O4. The van der Waals surface area contributed by atoms with Gasteiger partial charge in [0.05, 0.1) is 12.1 Å². The zero-order chi connectivity index (χ0) is 24.4. The van der Waals surface area contributed by atoms with Gasteiger partial charge in [0.1, 0.15) is 6.04 Å². The quantitative estimate of drug-likeness (QED) is 0.393. The van der Waals surface area contributed by atoms with Gasteiger partial charge in [-0.25, -0.2) is 4.79 Å². The first-order valence-corrected chi connectivity index (χ1v) is 11.5. The van der Waals surface area contributed by atoms with Crippen molar-refractivity contribution in [2.24, 2.45) is 11.7 Å². The third-order valence-corrected chi connectivity index (χ3v) is 6.15. The summed E-state index contributed by atoms with van der Waals surface area (Å²) in [6.07, 6.45) is -0.0863. The molecule has 0 saturated heterocycles. The van der Waals surface area contributed by atoms with E-state index in [2.05, 4.69) is 5.32 Å². The molecule has 0 aliphatic carbocycles. The lowest BCUT2D eigenvalue weighted by atomic mass is 9.92. The molecule has 2 aromatic carbocycles. The third kappa shape index (κ3) is 8.18. The number of carboxylic acid groups (broad SMARTS) is 1. The Labute approximate surface area is 196 Å². The van der Waals surface area contributed by atoms with Gasteiger partial charge >= 0.3 is 6.09 Å². The topological polar surface area (TPSA) is 116 Å². The fraction of sp³-hybridized carbons (Fsp3) is 0.462. The van der Waals surface area contributed by atoms with Crippen molar-refractivity contribution in [3.8, 4) is 0 Å². The first-order chi connectivity index (χ1) is 15.7. The van der Waals surface area contributed by atoms with Gasteiger partial charge in [-0.05, 0) is 36.3 Å². The minimum atomic E-state index is -1.17. The van der Waals surface area contributed by atoms with Crippen molar-refractivity contribution < 1.29 is 19.8 Å². The molecule has 7 heteroatoms. The highest BCUT2D eigenvalue weighted by Crippen LogP contribution is 2.17. The lowest BCUT2D eigenvalue weighted by Crippen LogP contribution is -2.56. The number of aliphatic hydroxyl groups excluding tert-OH is 1. The maximum atomic E-state index is 13.2. The van der Waals surface area contributed by atoms with Crippen LogP contribution < -0.4 is 11.1 Å². The number of nitrogens with one attached hydrogen (secondary N) is 1. The molecule has 180 valence electrons. The number of hydrogen-bond donors (Lipinski definition) is 4. The van der Waals surface area contributed by atoms with E-state index in [4.69, 9.17) is 5.73 Å². The smallest absolute Gasteiger partial charge is 0.407 e. The summed E-state index contributed by atoms with van der Waals surface area (Å²) in [6, 6.07) is 17.7. The van der Waals surface area contributed by atoms with Crippen LogP contribution in [0.25, 0.3) is 0 Å². The largest absolute Gasteiger partial charge is 0.465 e. The Hall–Kier alpha value is -2.90. The van der Waals surface area contributed by atoms with Crippen LogP contribution in [-0.2, 0) is 17.6 Å². The Bertz CT molecular complexity index is 862. The summed E-state index contributed by atoms with van der Waals surface area (Å²) < 4.78 is 0. The number of nitrogens with two attached hydrogens (primary N) is 1. The van der Waals surface area contributed by atoms with Crippen molar-refractivity contribution in [2.75, 3.05) is 7.05 Å². The van der Waals surface area contributed by atoms with Crippen LogP contribution in [0.15, 0.2) is 60.7 Å². The summed E-state index contributed by atoms with van der Waals surface area (Å²) in [7, 11) is 1.40. The molecular weight excluding hydrogens is 418 g/mol. The second kappa shape index (κ2) is 13.0. The van der Waals surface area contributed by atoms with Gasteiger partial charge in [0, 0.05) is 13.1 Å². The summed E-state index contributed by atoms with van der Waals surface area (Å²) in [5, 5.41) is 23.5. The molecule has 0 unspecified atom stereocenters. The minimum Gasteiger partial charge on any atom is -0.465 e. The third-order valence-electron chi connectivity index (χ3n) is 6.15. The van der Waals surface area contributed by atoms with Gasteiger partial charge in [-0.15, -0.1) is 0 Å². The number of carbonyl (C=O) groups is 2. The van der Waals surface area contributed by atoms with E-state index in [0.717, 1.165) is 16.0 Å². The summed E-state index contributed by atoms with van der Waals surface area (Å²) in [5.74, 6) is -0.591. The van der Waals surface area contributed by atoms with Crippen LogP contribution in [0.2, 0.25) is 0 Å². The van der Waals surface area contributed by atoms with Gasteiger partial charge < -0.3 is 21.3 Å². The van der Waals surface area contributed by atoms with E-state index in [1.807, 2.05) is 74.5 Å². The number of carbonyl (C=O) groups excluding carboxylic acids is 1. The van der Waals surface area contributed by atoms with E-state index in [1.165, 1.54) is 7.05 Å². The Kier molecular flexibility index (Phi) is 10.4. The van der Waals surface area contributed by atoms with Crippen molar-refractivity contribution in [1.29, 1.82) is 0 Å². The standard InChI is InChI=1S/C26H37N3O4/c1-4-18(2)24(29(3)26(32)33)25(31)28-22(16-20-13-9-6-10-14-20)23(30)17-21(27)15-19-11-7-5-8-12-19/h5-14,18,21-24,30H,4,15-17,27H2,1-3H3,(H,28,31)(H,32,33)/t18-,21-,22-,23+,24-/m0/s1. The Balaban J connectivity index is 2.17. The summed E-state index contributed by atoms with van der Waals surface area (Å²) in [5.41, 5.74) is 8.37. The molecule has 7 nitrogen and oxygen atoms in total. The van der Waals surface area contributed by atoms with E-state index in [1.54, 1.807) is 0 Å². The van der Waals surface area contributed by atoms with E-state index >= 15 is 0 Å². The van der Waals surface area contributed by atoms with E-state index < -0.39 is 30.2 Å². The van der Waals surface area contributed by atoms with Crippen molar-refractivity contribution in [3.05, 3.63) is 71.8 Å². The highest BCUT2D eigenvalue weighted by molar-refractivity contribution is 5.85. The van der Waals surface area contributed by atoms with Crippen LogP contribution in [0.3, 0.4) is 0 Å². The van der Waals surface area contributed by atoms with Crippen LogP contribution in [0.1, 0.15) is 37.8 Å². The number of likely N-dealkylation sites (N-methyl/N-ethyl adjacent to an activating group) is 1. The fourth-order valence-electron chi connectivity index (χ4n) is 4.05. The lowest BCUT2D eigenvalue weighted by Gasteiger charge is -2.33. The second-order valence-electron chi connectivity index (χ2n) is 8.78. The second-order valence-corrected chi connectivity index (χ2v) is 8.78. The molecule has 0 aliphatic rings. The number of amides is 2. The number of rotatable bonds is 12. The zero-order valence-electron chi connectivity index (χ0n) is 19.7.